The summed E-state index contributed by atoms with van der Waals surface area (Å²) in [6, 6.07) is 7.01. The first kappa shape index (κ1) is 23.3. The number of aliphatic imine (C=N–C) groups is 1. The first-order valence-corrected chi connectivity index (χ1v) is 10.3. The number of piperidine rings is 1. The largest absolute Gasteiger partial charge is 0.379 e. The molecule has 0 amide bonds. The molecular weight excluding hydrogens is 470 g/mol. The highest BCUT2D eigenvalue weighted by atomic mass is 127. The Hall–Kier alpha value is -0.930. The van der Waals surface area contributed by atoms with Crippen molar-refractivity contribution in [2.75, 3.05) is 52.5 Å². The van der Waals surface area contributed by atoms with E-state index in [-0.39, 0.29) is 35.8 Å². The fraction of sp³-hybridized carbons (Fsp3) is 0.667. The van der Waals surface area contributed by atoms with Crippen molar-refractivity contribution in [3.8, 4) is 0 Å². The van der Waals surface area contributed by atoms with Crippen LogP contribution in [0.25, 0.3) is 0 Å². The molecule has 2 fully saturated rings. The molecule has 0 saturated carbocycles. The number of halogens is 2. The number of hydrogen-bond acceptors (Lipinski definition) is 3. The van der Waals surface area contributed by atoms with Gasteiger partial charge in [0.1, 0.15) is 5.82 Å². The van der Waals surface area contributed by atoms with Crippen LogP contribution in [0.1, 0.15) is 38.3 Å². The van der Waals surface area contributed by atoms with Crippen LogP contribution in [0.15, 0.2) is 29.3 Å². The Morgan fingerprint density at radius 2 is 1.96 bits per heavy atom. The molecule has 1 aromatic carbocycles. The summed E-state index contributed by atoms with van der Waals surface area (Å²) < 4.78 is 18.9. The van der Waals surface area contributed by atoms with Gasteiger partial charge in [-0.15, -0.1) is 24.0 Å². The summed E-state index contributed by atoms with van der Waals surface area (Å²) >= 11 is 0. The average molecular weight is 504 g/mol. The second-order valence-electron chi connectivity index (χ2n) is 7.60. The molecule has 158 valence electrons. The summed E-state index contributed by atoms with van der Waals surface area (Å²) in [5.41, 5.74) is 1.12. The molecule has 2 unspecified atom stereocenters. The van der Waals surface area contributed by atoms with E-state index in [2.05, 4.69) is 29.0 Å². The molecule has 1 N–H and O–H groups in total. The van der Waals surface area contributed by atoms with Crippen LogP contribution in [0.3, 0.4) is 0 Å². The molecule has 2 aliphatic rings. The van der Waals surface area contributed by atoms with Crippen LogP contribution >= 0.6 is 24.0 Å². The fourth-order valence-electron chi connectivity index (χ4n) is 3.99. The molecule has 0 aliphatic carbocycles. The van der Waals surface area contributed by atoms with Crippen molar-refractivity contribution in [2.45, 2.75) is 32.7 Å². The second-order valence-corrected chi connectivity index (χ2v) is 7.60. The maximum absolute atomic E-state index is 13.4. The Bertz CT molecular complexity index is 607. The molecule has 3 rings (SSSR count). The normalized spacial score (nSPS) is 22.5. The number of hydrogen-bond donors (Lipinski definition) is 1. The monoisotopic (exact) mass is 504 g/mol. The molecule has 7 heteroatoms. The van der Waals surface area contributed by atoms with Gasteiger partial charge in [0.25, 0.3) is 0 Å². The highest BCUT2D eigenvalue weighted by molar-refractivity contribution is 14.0. The molecule has 2 aliphatic heterocycles. The topological polar surface area (TPSA) is 40.1 Å². The van der Waals surface area contributed by atoms with E-state index in [0.29, 0.717) is 12.5 Å². The summed E-state index contributed by atoms with van der Waals surface area (Å²) in [6.07, 6.45) is 2.51. The van der Waals surface area contributed by atoms with E-state index in [1.54, 1.807) is 12.1 Å². The molecular formula is C21H34FIN4O. The van der Waals surface area contributed by atoms with Gasteiger partial charge in [0.05, 0.1) is 25.8 Å². The molecule has 1 aromatic rings. The van der Waals surface area contributed by atoms with Gasteiger partial charge >= 0.3 is 0 Å². The van der Waals surface area contributed by atoms with Crippen molar-refractivity contribution in [1.82, 2.24) is 15.1 Å². The lowest BCUT2D eigenvalue weighted by Crippen LogP contribution is -2.47. The van der Waals surface area contributed by atoms with Gasteiger partial charge in [-0.3, -0.25) is 9.89 Å². The van der Waals surface area contributed by atoms with Crippen LogP contribution in [0.4, 0.5) is 4.39 Å². The SMILES string of the molecule is CCNC(=NCC(c1ccc(F)cc1)N1CCOCC1)N1CCCC(C)C1.I. The first-order chi connectivity index (χ1) is 13.2. The third-order valence-electron chi connectivity index (χ3n) is 5.45. The summed E-state index contributed by atoms with van der Waals surface area (Å²) in [6.45, 7) is 11.3. The molecule has 28 heavy (non-hydrogen) atoms. The maximum Gasteiger partial charge on any atom is 0.193 e. The van der Waals surface area contributed by atoms with Crippen molar-refractivity contribution in [1.29, 1.82) is 0 Å². The smallest absolute Gasteiger partial charge is 0.193 e. The fourth-order valence-corrected chi connectivity index (χ4v) is 3.99. The molecule has 0 bridgehead atoms. The Balaban J connectivity index is 0.00000280. The van der Waals surface area contributed by atoms with Gasteiger partial charge in [0.15, 0.2) is 5.96 Å². The van der Waals surface area contributed by atoms with E-state index in [1.165, 1.54) is 12.8 Å². The van der Waals surface area contributed by atoms with Crippen LogP contribution in [0.5, 0.6) is 0 Å². The molecule has 5 nitrogen and oxygen atoms in total. The number of ether oxygens (including phenoxy) is 1. The minimum absolute atomic E-state index is 0. The van der Waals surface area contributed by atoms with Gasteiger partial charge in [0, 0.05) is 32.7 Å². The number of benzene rings is 1. The maximum atomic E-state index is 13.4. The van der Waals surface area contributed by atoms with Gasteiger partial charge in [-0.25, -0.2) is 4.39 Å². The zero-order valence-electron chi connectivity index (χ0n) is 17.1. The third-order valence-corrected chi connectivity index (χ3v) is 5.45. The van der Waals surface area contributed by atoms with Crippen molar-refractivity contribution in [2.24, 2.45) is 10.9 Å². The molecule has 0 radical (unpaired) electrons. The highest BCUT2D eigenvalue weighted by Crippen LogP contribution is 2.23. The lowest BCUT2D eigenvalue weighted by atomic mass is 10.0. The van der Waals surface area contributed by atoms with Gasteiger partial charge in [-0.05, 0) is 43.4 Å². The minimum atomic E-state index is -0.196. The van der Waals surface area contributed by atoms with Gasteiger partial charge in [0.2, 0.25) is 0 Å². The van der Waals surface area contributed by atoms with E-state index in [9.17, 15) is 4.39 Å². The Morgan fingerprint density at radius 3 is 2.61 bits per heavy atom. The van der Waals surface area contributed by atoms with Crippen molar-refractivity contribution in [3.63, 3.8) is 0 Å². The first-order valence-electron chi connectivity index (χ1n) is 10.3. The zero-order valence-corrected chi connectivity index (χ0v) is 19.4. The Morgan fingerprint density at radius 1 is 1.25 bits per heavy atom. The number of nitrogens with one attached hydrogen (secondary N) is 1. The standard InChI is InChI=1S/C21H33FN4O.HI/c1-3-23-21(26-10-4-5-17(2)16-26)24-15-20(25-11-13-27-14-12-25)18-6-8-19(22)9-7-18;/h6-9,17,20H,3-5,10-16H2,1-2H3,(H,23,24);1H. The van der Waals surface area contributed by atoms with Crippen LogP contribution in [0, 0.1) is 11.7 Å². The number of morpholine rings is 1. The van der Waals surface area contributed by atoms with Crippen molar-refractivity contribution < 1.29 is 9.13 Å². The summed E-state index contributed by atoms with van der Waals surface area (Å²) in [7, 11) is 0. The summed E-state index contributed by atoms with van der Waals surface area (Å²) in [4.78, 5) is 9.79. The van der Waals surface area contributed by atoms with E-state index in [4.69, 9.17) is 9.73 Å². The van der Waals surface area contributed by atoms with E-state index < -0.39 is 0 Å². The van der Waals surface area contributed by atoms with E-state index in [1.807, 2.05) is 12.1 Å². The van der Waals surface area contributed by atoms with Crippen LogP contribution in [-0.4, -0.2) is 68.2 Å². The number of likely N-dealkylation sites (tertiary alicyclic amines) is 1. The van der Waals surface area contributed by atoms with Crippen LogP contribution in [-0.2, 0) is 4.74 Å². The lowest BCUT2D eigenvalue weighted by Gasteiger charge is -2.36. The number of rotatable bonds is 5. The Kier molecular flexibility index (Phi) is 9.94. The average Bonchev–Trinajstić information content (AvgIpc) is 2.69. The molecule has 2 saturated heterocycles. The number of guanidine groups is 1. The molecule has 0 aromatic heterocycles. The highest BCUT2D eigenvalue weighted by Gasteiger charge is 2.24. The zero-order chi connectivity index (χ0) is 19.1. The third kappa shape index (κ3) is 6.56. The quantitative estimate of drug-likeness (QED) is 0.379. The van der Waals surface area contributed by atoms with Crippen LogP contribution < -0.4 is 5.32 Å². The summed E-state index contributed by atoms with van der Waals surface area (Å²) in [5.74, 6) is 1.51. The second kappa shape index (κ2) is 11.9. The molecule has 2 heterocycles. The van der Waals surface area contributed by atoms with Crippen molar-refractivity contribution >= 4 is 29.9 Å². The predicted octanol–water partition coefficient (Wildman–Crippen LogP) is 3.51. The van der Waals surface area contributed by atoms with Gasteiger partial charge in [-0.1, -0.05) is 19.1 Å². The molecule has 0 spiro atoms. The van der Waals surface area contributed by atoms with E-state index >= 15 is 0 Å². The minimum Gasteiger partial charge on any atom is -0.379 e. The van der Waals surface area contributed by atoms with Gasteiger partial charge in [-0.2, -0.15) is 0 Å². The predicted molar refractivity (Wildman–Crippen MR) is 123 cm³/mol. The summed E-state index contributed by atoms with van der Waals surface area (Å²) in [5, 5.41) is 3.46. The van der Waals surface area contributed by atoms with Gasteiger partial charge < -0.3 is 15.0 Å². The number of nitrogens with zero attached hydrogens (tertiary/aromatic N) is 3. The lowest BCUT2D eigenvalue weighted by molar-refractivity contribution is 0.0179. The van der Waals surface area contributed by atoms with E-state index in [0.717, 1.165) is 57.5 Å². The van der Waals surface area contributed by atoms with Crippen molar-refractivity contribution in [3.05, 3.63) is 35.6 Å². The van der Waals surface area contributed by atoms with Crippen LogP contribution in [0.2, 0.25) is 0 Å². The Labute approximate surface area is 185 Å². The molecule has 2 atom stereocenters.